The lowest BCUT2D eigenvalue weighted by Crippen LogP contribution is -2.37. The Morgan fingerprint density at radius 3 is 1.90 bits per heavy atom. The summed E-state index contributed by atoms with van der Waals surface area (Å²) in [5, 5.41) is -0.382. The van der Waals surface area contributed by atoms with Crippen molar-refractivity contribution >= 4 is 9.84 Å². The van der Waals surface area contributed by atoms with Gasteiger partial charge in [-0.05, 0) is 13.3 Å². The van der Waals surface area contributed by atoms with Gasteiger partial charge in [0.15, 0.2) is 9.84 Å². The van der Waals surface area contributed by atoms with Gasteiger partial charge in [0.1, 0.15) is 0 Å². The smallest absolute Gasteiger partial charge is 0.151 e. The first-order chi connectivity index (χ1) is 4.39. The molecule has 0 saturated heterocycles. The summed E-state index contributed by atoms with van der Waals surface area (Å²) in [7, 11) is -2.94. The summed E-state index contributed by atoms with van der Waals surface area (Å²) in [5.41, 5.74) is 5.45. The van der Waals surface area contributed by atoms with Crippen LogP contribution in [0.25, 0.3) is 0 Å². The fourth-order valence-corrected chi connectivity index (χ4v) is 2.45. The molecule has 10 heavy (non-hydrogen) atoms. The third kappa shape index (κ3) is 2.66. The minimum absolute atomic E-state index is 0.264. The molecule has 0 unspecified atom stereocenters. The van der Waals surface area contributed by atoms with Crippen LogP contribution in [-0.4, -0.2) is 26.0 Å². The molecular formula is C6H15NO2S. The molecule has 0 bridgehead atoms. The van der Waals surface area contributed by atoms with E-state index >= 15 is 0 Å². The van der Waals surface area contributed by atoms with Crippen LogP contribution in [0.3, 0.4) is 0 Å². The molecule has 0 amide bonds. The van der Waals surface area contributed by atoms with E-state index in [1.807, 2.05) is 6.92 Å². The molecule has 3 nitrogen and oxygen atoms in total. The van der Waals surface area contributed by atoms with Gasteiger partial charge in [-0.1, -0.05) is 6.92 Å². The quantitative estimate of drug-likeness (QED) is 0.648. The summed E-state index contributed by atoms with van der Waals surface area (Å²) < 4.78 is 21.8. The molecule has 0 fully saturated rings. The van der Waals surface area contributed by atoms with Crippen molar-refractivity contribution in [2.75, 3.05) is 6.26 Å². The van der Waals surface area contributed by atoms with Crippen molar-refractivity contribution in [3.63, 3.8) is 0 Å². The number of nitrogens with two attached hydrogens (primary N) is 1. The van der Waals surface area contributed by atoms with E-state index in [4.69, 9.17) is 5.73 Å². The molecular weight excluding hydrogens is 150 g/mol. The molecule has 4 heteroatoms. The predicted octanol–water partition coefficient (Wildman–Crippen LogP) is 0.157. The van der Waals surface area contributed by atoms with E-state index in [1.165, 1.54) is 6.26 Å². The van der Waals surface area contributed by atoms with Gasteiger partial charge in [-0.15, -0.1) is 0 Å². The van der Waals surface area contributed by atoms with E-state index in [0.717, 1.165) is 0 Å². The Labute approximate surface area is 62.5 Å². The maximum absolute atomic E-state index is 10.9. The van der Waals surface area contributed by atoms with Crippen LogP contribution in [0.2, 0.25) is 0 Å². The van der Waals surface area contributed by atoms with Gasteiger partial charge in [-0.2, -0.15) is 0 Å². The SMILES string of the molecule is CC[C@H]([C@H](C)N)S(C)(=O)=O. The topological polar surface area (TPSA) is 60.2 Å². The van der Waals surface area contributed by atoms with Crippen LogP contribution in [-0.2, 0) is 9.84 Å². The lowest BCUT2D eigenvalue weighted by atomic mass is 10.2. The molecule has 0 heterocycles. The highest BCUT2D eigenvalue weighted by Gasteiger charge is 2.21. The zero-order valence-corrected chi connectivity index (χ0v) is 7.48. The highest BCUT2D eigenvalue weighted by Crippen LogP contribution is 2.06. The lowest BCUT2D eigenvalue weighted by molar-refractivity contribution is 0.558. The van der Waals surface area contributed by atoms with Gasteiger partial charge in [-0.25, -0.2) is 8.42 Å². The van der Waals surface area contributed by atoms with E-state index < -0.39 is 9.84 Å². The average Bonchev–Trinajstić information content (AvgIpc) is 1.60. The average molecular weight is 165 g/mol. The maximum Gasteiger partial charge on any atom is 0.151 e. The van der Waals surface area contributed by atoms with E-state index in [1.54, 1.807) is 6.92 Å². The number of rotatable bonds is 3. The molecule has 0 saturated carbocycles. The van der Waals surface area contributed by atoms with Gasteiger partial charge in [0.05, 0.1) is 5.25 Å². The Morgan fingerprint density at radius 1 is 1.50 bits per heavy atom. The molecule has 0 aliphatic carbocycles. The van der Waals surface area contributed by atoms with Crippen molar-refractivity contribution in [2.45, 2.75) is 31.6 Å². The molecule has 2 atom stereocenters. The van der Waals surface area contributed by atoms with Gasteiger partial charge in [0.25, 0.3) is 0 Å². The summed E-state index contributed by atoms with van der Waals surface area (Å²) in [4.78, 5) is 0. The first kappa shape index (κ1) is 9.91. The third-order valence-electron chi connectivity index (χ3n) is 1.54. The van der Waals surface area contributed by atoms with Crippen LogP contribution in [0, 0.1) is 0 Å². The normalized spacial score (nSPS) is 18.4. The van der Waals surface area contributed by atoms with Crippen LogP contribution in [0.1, 0.15) is 20.3 Å². The second-order valence-corrected chi connectivity index (χ2v) is 4.90. The first-order valence-corrected chi connectivity index (χ1v) is 5.29. The van der Waals surface area contributed by atoms with Gasteiger partial charge in [0, 0.05) is 12.3 Å². The van der Waals surface area contributed by atoms with E-state index in [2.05, 4.69) is 0 Å². The second-order valence-electron chi connectivity index (χ2n) is 2.64. The largest absolute Gasteiger partial charge is 0.327 e. The Bertz CT molecular complexity index is 184. The fraction of sp³-hybridized carbons (Fsp3) is 1.00. The number of hydrogen-bond donors (Lipinski definition) is 1. The van der Waals surface area contributed by atoms with E-state index in [-0.39, 0.29) is 11.3 Å². The van der Waals surface area contributed by atoms with Gasteiger partial charge >= 0.3 is 0 Å². The third-order valence-corrected chi connectivity index (χ3v) is 3.40. The predicted molar refractivity (Wildman–Crippen MR) is 42.6 cm³/mol. The molecule has 0 radical (unpaired) electrons. The molecule has 2 N–H and O–H groups in total. The van der Waals surface area contributed by atoms with Crippen LogP contribution < -0.4 is 5.73 Å². The highest BCUT2D eigenvalue weighted by atomic mass is 32.2. The van der Waals surface area contributed by atoms with E-state index in [0.29, 0.717) is 6.42 Å². The molecule has 0 aromatic heterocycles. The van der Waals surface area contributed by atoms with Crippen molar-refractivity contribution in [3.05, 3.63) is 0 Å². The number of sulfone groups is 1. The molecule has 0 aromatic rings. The molecule has 0 aliphatic heterocycles. The second kappa shape index (κ2) is 3.34. The summed E-state index contributed by atoms with van der Waals surface area (Å²) in [6.07, 6.45) is 1.82. The highest BCUT2D eigenvalue weighted by molar-refractivity contribution is 7.91. The summed E-state index contributed by atoms with van der Waals surface area (Å²) >= 11 is 0. The van der Waals surface area contributed by atoms with Crippen molar-refractivity contribution in [1.82, 2.24) is 0 Å². The number of hydrogen-bond acceptors (Lipinski definition) is 3. The minimum atomic E-state index is -2.94. The standard InChI is InChI=1S/C6H15NO2S/c1-4-6(5(2)7)10(3,8)9/h5-6H,4,7H2,1-3H3/t5-,6+/m0/s1. The van der Waals surface area contributed by atoms with Crippen molar-refractivity contribution in [3.8, 4) is 0 Å². The molecule has 0 rings (SSSR count). The van der Waals surface area contributed by atoms with E-state index in [9.17, 15) is 8.42 Å². The van der Waals surface area contributed by atoms with Crippen molar-refractivity contribution in [2.24, 2.45) is 5.73 Å². The summed E-state index contributed by atoms with van der Waals surface area (Å²) in [5.74, 6) is 0. The Morgan fingerprint density at radius 2 is 1.90 bits per heavy atom. The first-order valence-electron chi connectivity index (χ1n) is 3.34. The summed E-state index contributed by atoms with van der Waals surface area (Å²) in [6.45, 7) is 3.55. The molecule has 62 valence electrons. The monoisotopic (exact) mass is 165 g/mol. The Balaban J connectivity index is 4.38. The summed E-state index contributed by atoms with van der Waals surface area (Å²) in [6, 6.07) is -0.264. The van der Waals surface area contributed by atoms with Gasteiger partial charge < -0.3 is 5.73 Å². The van der Waals surface area contributed by atoms with Gasteiger partial charge in [0.2, 0.25) is 0 Å². The minimum Gasteiger partial charge on any atom is -0.327 e. The fourth-order valence-electron chi connectivity index (χ4n) is 1.06. The molecule has 0 spiro atoms. The Kier molecular flexibility index (Phi) is 3.31. The lowest BCUT2D eigenvalue weighted by Gasteiger charge is -2.15. The molecule has 0 aliphatic rings. The van der Waals surface area contributed by atoms with Gasteiger partial charge in [-0.3, -0.25) is 0 Å². The van der Waals surface area contributed by atoms with Crippen LogP contribution in [0.15, 0.2) is 0 Å². The van der Waals surface area contributed by atoms with Crippen LogP contribution in [0.5, 0.6) is 0 Å². The maximum atomic E-state index is 10.9. The molecule has 0 aromatic carbocycles. The van der Waals surface area contributed by atoms with Crippen molar-refractivity contribution in [1.29, 1.82) is 0 Å². The Hall–Kier alpha value is -0.0900. The van der Waals surface area contributed by atoms with Crippen LogP contribution in [0.4, 0.5) is 0 Å². The zero-order valence-electron chi connectivity index (χ0n) is 6.66. The zero-order chi connectivity index (χ0) is 8.36. The van der Waals surface area contributed by atoms with Crippen LogP contribution >= 0.6 is 0 Å². The van der Waals surface area contributed by atoms with Crippen molar-refractivity contribution < 1.29 is 8.42 Å².